The Bertz CT molecular complexity index is 690. The van der Waals surface area contributed by atoms with Crippen LogP contribution in [0.25, 0.3) is 0 Å². The molecule has 24 heavy (non-hydrogen) atoms. The van der Waals surface area contributed by atoms with Gasteiger partial charge in [0, 0.05) is 32.5 Å². The van der Waals surface area contributed by atoms with Gasteiger partial charge in [0.15, 0.2) is 5.82 Å². The molecule has 3 heterocycles. The quantitative estimate of drug-likeness (QED) is 0.849. The van der Waals surface area contributed by atoms with Crippen LogP contribution in [0.2, 0.25) is 0 Å². The molecule has 1 aliphatic carbocycles. The van der Waals surface area contributed by atoms with Crippen LogP contribution in [-0.2, 0) is 20.1 Å². The maximum absolute atomic E-state index is 5.06. The fraction of sp³-hybridized carbons (Fsp3) is 0.750. The average molecular weight is 331 g/mol. The van der Waals surface area contributed by atoms with Crippen molar-refractivity contribution in [2.24, 2.45) is 7.05 Å². The van der Waals surface area contributed by atoms with E-state index >= 15 is 0 Å². The number of rotatable bonds is 6. The third-order valence-corrected chi connectivity index (χ3v) is 4.93. The predicted octanol–water partition coefficient (Wildman–Crippen LogP) is 1.14. The molecule has 1 atom stereocenters. The molecule has 2 fully saturated rings. The maximum atomic E-state index is 5.06. The van der Waals surface area contributed by atoms with Crippen molar-refractivity contribution in [3.05, 3.63) is 23.4 Å². The highest BCUT2D eigenvalue weighted by Crippen LogP contribution is 2.38. The van der Waals surface area contributed by atoms with Gasteiger partial charge < -0.3 is 14.4 Å². The van der Waals surface area contributed by atoms with Crippen molar-refractivity contribution >= 4 is 0 Å². The SMILES string of the molecule is Cc1nc(CN2CCCC(NCc3nnc(C4CC4)n3C)C2)no1. The van der Waals surface area contributed by atoms with E-state index in [1.54, 1.807) is 0 Å². The van der Waals surface area contributed by atoms with Crippen molar-refractivity contribution in [3.63, 3.8) is 0 Å². The highest BCUT2D eigenvalue weighted by Gasteiger charge is 2.29. The Hall–Kier alpha value is -1.80. The van der Waals surface area contributed by atoms with E-state index in [0.29, 0.717) is 17.9 Å². The number of hydrogen-bond acceptors (Lipinski definition) is 7. The minimum Gasteiger partial charge on any atom is -0.340 e. The van der Waals surface area contributed by atoms with E-state index in [0.717, 1.165) is 43.7 Å². The van der Waals surface area contributed by atoms with Crippen LogP contribution in [0.1, 0.15) is 55.0 Å². The number of nitrogens with one attached hydrogen (secondary N) is 1. The Morgan fingerprint density at radius 1 is 1.25 bits per heavy atom. The average Bonchev–Trinajstić information content (AvgIpc) is 3.24. The summed E-state index contributed by atoms with van der Waals surface area (Å²) in [6.45, 7) is 5.44. The minimum atomic E-state index is 0.466. The highest BCUT2D eigenvalue weighted by atomic mass is 16.5. The van der Waals surface area contributed by atoms with Crippen molar-refractivity contribution < 1.29 is 4.52 Å². The molecule has 0 spiro atoms. The molecule has 1 N–H and O–H groups in total. The Morgan fingerprint density at radius 3 is 2.88 bits per heavy atom. The number of hydrogen-bond donors (Lipinski definition) is 1. The molecule has 8 heteroatoms. The van der Waals surface area contributed by atoms with Gasteiger partial charge in [0.05, 0.1) is 13.1 Å². The standard InChI is InChI=1S/C16H25N7O/c1-11-18-14(21-24-11)10-23-7-3-4-13(9-23)17-8-15-19-20-16(22(15)2)12-5-6-12/h12-13,17H,3-10H2,1-2H3. The topological polar surface area (TPSA) is 84.9 Å². The molecule has 2 aromatic heterocycles. The molecule has 2 aliphatic rings. The lowest BCUT2D eigenvalue weighted by atomic mass is 10.1. The van der Waals surface area contributed by atoms with Crippen molar-refractivity contribution in [2.75, 3.05) is 13.1 Å². The largest absolute Gasteiger partial charge is 0.340 e. The Morgan fingerprint density at radius 2 is 2.12 bits per heavy atom. The summed E-state index contributed by atoms with van der Waals surface area (Å²) in [7, 11) is 2.08. The second-order valence-electron chi connectivity index (χ2n) is 6.99. The molecule has 1 aliphatic heterocycles. The zero-order valence-corrected chi connectivity index (χ0v) is 14.4. The summed E-state index contributed by atoms with van der Waals surface area (Å²) in [6, 6.07) is 0.466. The fourth-order valence-electron chi connectivity index (χ4n) is 3.43. The van der Waals surface area contributed by atoms with Gasteiger partial charge >= 0.3 is 0 Å². The first-order chi connectivity index (χ1) is 11.7. The molecule has 1 saturated heterocycles. The van der Waals surface area contributed by atoms with Crippen molar-refractivity contribution in [1.82, 2.24) is 35.1 Å². The zero-order valence-electron chi connectivity index (χ0n) is 14.4. The van der Waals surface area contributed by atoms with Gasteiger partial charge in [-0.25, -0.2) is 0 Å². The molecule has 1 unspecified atom stereocenters. The maximum Gasteiger partial charge on any atom is 0.223 e. The van der Waals surface area contributed by atoms with Crippen molar-refractivity contribution in [1.29, 1.82) is 0 Å². The summed E-state index contributed by atoms with van der Waals surface area (Å²) in [4.78, 5) is 6.69. The predicted molar refractivity (Wildman–Crippen MR) is 87.2 cm³/mol. The second kappa shape index (κ2) is 6.60. The van der Waals surface area contributed by atoms with E-state index in [4.69, 9.17) is 4.52 Å². The third-order valence-electron chi connectivity index (χ3n) is 4.93. The Labute approximate surface area is 141 Å². The van der Waals surface area contributed by atoms with Crippen LogP contribution in [0, 0.1) is 6.92 Å². The van der Waals surface area contributed by atoms with Crippen LogP contribution >= 0.6 is 0 Å². The molecule has 0 amide bonds. The number of nitrogens with zero attached hydrogens (tertiary/aromatic N) is 6. The van der Waals surface area contributed by atoms with E-state index in [-0.39, 0.29) is 0 Å². The normalized spacial score (nSPS) is 22.2. The van der Waals surface area contributed by atoms with Crippen LogP contribution in [-0.4, -0.2) is 48.9 Å². The molecule has 0 bridgehead atoms. The van der Waals surface area contributed by atoms with E-state index in [1.165, 1.54) is 25.7 Å². The Kier molecular flexibility index (Phi) is 4.32. The number of aromatic nitrogens is 5. The summed E-state index contributed by atoms with van der Waals surface area (Å²) in [5.41, 5.74) is 0. The summed E-state index contributed by atoms with van der Waals surface area (Å²) < 4.78 is 7.22. The number of aryl methyl sites for hydroxylation is 1. The van der Waals surface area contributed by atoms with Crippen LogP contribution in [0.5, 0.6) is 0 Å². The summed E-state index contributed by atoms with van der Waals surface area (Å²) >= 11 is 0. The monoisotopic (exact) mass is 331 g/mol. The molecule has 0 radical (unpaired) electrons. The molecule has 130 valence electrons. The molecule has 1 saturated carbocycles. The first-order valence-electron chi connectivity index (χ1n) is 8.82. The van der Waals surface area contributed by atoms with Gasteiger partial charge in [-0.15, -0.1) is 10.2 Å². The molecular weight excluding hydrogens is 306 g/mol. The summed E-state index contributed by atoms with van der Waals surface area (Å²) in [5.74, 6) is 4.22. The van der Waals surface area contributed by atoms with Gasteiger partial charge in [-0.05, 0) is 32.2 Å². The summed E-state index contributed by atoms with van der Waals surface area (Å²) in [5, 5.41) is 16.3. The van der Waals surface area contributed by atoms with Gasteiger partial charge in [0.2, 0.25) is 5.89 Å². The zero-order chi connectivity index (χ0) is 16.5. The first kappa shape index (κ1) is 15.7. The van der Waals surface area contributed by atoms with Gasteiger partial charge in [0.25, 0.3) is 0 Å². The summed E-state index contributed by atoms with van der Waals surface area (Å²) in [6.07, 6.45) is 4.88. The third kappa shape index (κ3) is 3.49. The van der Waals surface area contributed by atoms with Crippen LogP contribution in [0.15, 0.2) is 4.52 Å². The number of likely N-dealkylation sites (tertiary alicyclic amines) is 1. The van der Waals surface area contributed by atoms with Gasteiger partial charge in [-0.1, -0.05) is 5.16 Å². The van der Waals surface area contributed by atoms with Crippen molar-refractivity contribution in [2.45, 2.75) is 57.7 Å². The first-order valence-corrected chi connectivity index (χ1v) is 8.82. The van der Waals surface area contributed by atoms with Crippen LogP contribution in [0.3, 0.4) is 0 Å². The van der Waals surface area contributed by atoms with Crippen molar-refractivity contribution in [3.8, 4) is 0 Å². The molecule has 4 rings (SSSR count). The molecule has 2 aromatic rings. The van der Waals surface area contributed by atoms with Crippen LogP contribution < -0.4 is 5.32 Å². The van der Waals surface area contributed by atoms with E-state index < -0.39 is 0 Å². The molecule has 8 nitrogen and oxygen atoms in total. The van der Waals surface area contributed by atoms with Gasteiger partial charge in [-0.3, -0.25) is 4.90 Å². The van der Waals surface area contributed by atoms with E-state index in [9.17, 15) is 0 Å². The fourth-order valence-corrected chi connectivity index (χ4v) is 3.43. The van der Waals surface area contributed by atoms with E-state index in [1.807, 2.05) is 6.92 Å². The second-order valence-corrected chi connectivity index (χ2v) is 6.99. The molecular formula is C16H25N7O. The lowest BCUT2D eigenvalue weighted by Crippen LogP contribution is -2.45. The lowest BCUT2D eigenvalue weighted by molar-refractivity contribution is 0.176. The Balaban J connectivity index is 1.30. The number of piperidine rings is 1. The van der Waals surface area contributed by atoms with Crippen LogP contribution in [0.4, 0.5) is 0 Å². The molecule has 0 aromatic carbocycles. The minimum absolute atomic E-state index is 0.466. The highest BCUT2D eigenvalue weighted by molar-refractivity contribution is 5.07. The van der Waals surface area contributed by atoms with E-state index in [2.05, 4.69) is 42.2 Å². The smallest absolute Gasteiger partial charge is 0.223 e. The van der Waals surface area contributed by atoms with Gasteiger partial charge in [0.1, 0.15) is 11.6 Å². The van der Waals surface area contributed by atoms with Gasteiger partial charge in [-0.2, -0.15) is 4.98 Å². The lowest BCUT2D eigenvalue weighted by Gasteiger charge is -2.32.